The van der Waals surface area contributed by atoms with Crippen molar-refractivity contribution in [2.24, 2.45) is 0 Å². The molecule has 1 heterocycles. The van der Waals surface area contributed by atoms with Gasteiger partial charge < -0.3 is 4.90 Å². The molecule has 0 spiro atoms. The number of hydrogen-bond donors (Lipinski definition) is 0. The second kappa shape index (κ2) is 4.37. The van der Waals surface area contributed by atoms with Crippen LogP contribution >= 0.6 is 23.1 Å². The molecule has 0 aliphatic carbocycles. The highest BCUT2D eigenvalue weighted by Gasteiger charge is 2.12. The third-order valence-electron chi connectivity index (χ3n) is 1.34. The zero-order valence-electron chi connectivity index (χ0n) is 6.53. The number of amides is 1. The first-order valence-electron chi connectivity index (χ1n) is 3.34. The van der Waals surface area contributed by atoms with E-state index < -0.39 is 0 Å². The van der Waals surface area contributed by atoms with Crippen LogP contribution in [0.4, 0.5) is 0 Å². The predicted octanol–water partition coefficient (Wildman–Crippen LogP) is 0.849. The van der Waals surface area contributed by atoms with Gasteiger partial charge >= 0.3 is 0 Å². The summed E-state index contributed by atoms with van der Waals surface area (Å²) >= 11 is 6.57. The Morgan fingerprint density at radius 3 is 3.08 bits per heavy atom. The Morgan fingerprint density at radius 1 is 1.83 bits per heavy atom. The number of nitrogens with zero attached hydrogens (tertiary/aromatic N) is 3. The minimum atomic E-state index is -0.0781. The molecule has 6 heteroatoms. The second-order valence-corrected chi connectivity index (χ2v) is 3.36. The highest BCUT2D eigenvalue weighted by molar-refractivity contribution is 7.07. The van der Waals surface area contributed by atoms with Crippen LogP contribution in [0.3, 0.4) is 0 Å². The Balaban J connectivity index is 2.59. The van der Waals surface area contributed by atoms with E-state index in [0.717, 1.165) is 11.5 Å². The molecule has 0 atom stereocenters. The highest BCUT2D eigenvalue weighted by atomic mass is 35.5. The number of hydrogen-bond acceptors (Lipinski definition) is 4. The summed E-state index contributed by atoms with van der Waals surface area (Å²) in [4.78, 5) is 13.5. The number of carbonyl (C=O) groups is 1. The topological polar surface area (TPSA) is 46.1 Å². The van der Waals surface area contributed by atoms with E-state index in [1.807, 2.05) is 0 Å². The van der Waals surface area contributed by atoms with Gasteiger partial charge in [-0.15, -0.1) is 16.7 Å². The van der Waals surface area contributed by atoms with Crippen molar-refractivity contribution in [2.75, 3.05) is 19.5 Å². The zero-order chi connectivity index (χ0) is 8.97. The largest absolute Gasteiger partial charge is 0.340 e. The van der Waals surface area contributed by atoms with Gasteiger partial charge in [-0.1, -0.05) is 4.49 Å². The van der Waals surface area contributed by atoms with Crippen molar-refractivity contribution in [2.45, 2.75) is 0 Å². The van der Waals surface area contributed by atoms with Crippen LogP contribution in [0, 0.1) is 0 Å². The smallest absolute Gasteiger partial charge is 0.267 e. The molecule has 0 radical (unpaired) electrons. The molecule has 0 aliphatic rings. The number of carbonyl (C=O) groups excluding carboxylic acids is 1. The number of alkyl halides is 1. The Hall–Kier alpha value is -0.680. The molecule has 66 valence electrons. The molecular weight excluding hydrogens is 198 g/mol. The van der Waals surface area contributed by atoms with Crippen molar-refractivity contribution in [1.82, 2.24) is 14.5 Å². The first-order chi connectivity index (χ1) is 5.75. The van der Waals surface area contributed by atoms with Crippen molar-refractivity contribution in [1.29, 1.82) is 0 Å². The molecule has 0 aliphatic heterocycles. The molecule has 4 nitrogen and oxygen atoms in total. The maximum absolute atomic E-state index is 11.4. The van der Waals surface area contributed by atoms with Gasteiger partial charge in [-0.05, 0) is 11.5 Å². The van der Waals surface area contributed by atoms with Gasteiger partial charge in [0.2, 0.25) is 0 Å². The second-order valence-electron chi connectivity index (χ2n) is 2.20. The van der Waals surface area contributed by atoms with E-state index >= 15 is 0 Å². The van der Waals surface area contributed by atoms with E-state index in [-0.39, 0.29) is 5.91 Å². The van der Waals surface area contributed by atoms with Gasteiger partial charge in [0, 0.05) is 19.5 Å². The van der Waals surface area contributed by atoms with Gasteiger partial charge in [-0.3, -0.25) is 4.79 Å². The molecule has 0 saturated heterocycles. The van der Waals surface area contributed by atoms with E-state index in [2.05, 4.69) is 9.59 Å². The van der Waals surface area contributed by atoms with Crippen LogP contribution in [-0.2, 0) is 0 Å². The van der Waals surface area contributed by atoms with Gasteiger partial charge in [0.15, 0.2) is 0 Å². The molecule has 1 amide bonds. The first kappa shape index (κ1) is 9.41. The lowest BCUT2D eigenvalue weighted by Gasteiger charge is -2.12. The predicted molar refractivity (Wildman–Crippen MR) is 47.6 cm³/mol. The fourth-order valence-corrected chi connectivity index (χ4v) is 1.44. The Bertz CT molecular complexity index is 251. The Morgan fingerprint density at radius 2 is 2.58 bits per heavy atom. The van der Waals surface area contributed by atoms with Crippen molar-refractivity contribution >= 4 is 29.0 Å². The lowest BCUT2D eigenvalue weighted by molar-refractivity contribution is 0.0808. The molecule has 12 heavy (non-hydrogen) atoms. The maximum Gasteiger partial charge on any atom is 0.267 e. The van der Waals surface area contributed by atoms with Gasteiger partial charge in [0.25, 0.3) is 5.91 Å². The molecule has 1 aromatic heterocycles. The van der Waals surface area contributed by atoms with Crippen LogP contribution in [0.1, 0.15) is 9.67 Å². The molecular formula is C6H8ClN3OS. The standard InChI is InChI=1S/C6H8ClN3OS/c1-10(3-2-7)6(11)5-4-8-9-12-5/h4H,2-3H2,1H3. The summed E-state index contributed by atoms with van der Waals surface area (Å²) in [5.41, 5.74) is 0. The fraction of sp³-hybridized carbons (Fsp3) is 0.500. The van der Waals surface area contributed by atoms with Crippen LogP contribution in [0.15, 0.2) is 6.20 Å². The zero-order valence-corrected chi connectivity index (χ0v) is 8.10. The molecule has 0 unspecified atom stereocenters. The quantitative estimate of drug-likeness (QED) is 0.688. The van der Waals surface area contributed by atoms with Crippen molar-refractivity contribution in [3.05, 3.63) is 11.1 Å². The summed E-state index contributed by atoms with van der Waals surface area (Å²) < 4.78 is 3.60. The summed E-state index contributed by atoms with van der Waals surface area (Å²) in [6.07, 6.45) is 1.46. The molecule has 0 N–H and O–H groups in total. The van der Waals surface area contributed by atoms with Crippen molar-refractivity contribution in [3.8, 4) is 0 Å². The number of rotatable bonds is 3. The van der Waals surface area contributed by atoms with E-state index in [4.69, 9.17) is 11.6 Å². The summed E-state index contributed by atoms with van der Waals surface area (Å²) in [7, 11) is 1.70. The molecule has 0 aromatic carbocycles. The average Bonchev–Trinajstić information content (AvgIpc) is 2.55. The van der Waals surface area contributed by atoms with E-state index in [1.54, 1.807) is 11.9 Å². The number of halogens is 1. The lowest BCUT2D eigenvalue weighted by Crippen LogP contribution is -2.27. The average molecular weight is 206 g/mol. The maximum atomic E-state index is 11.4. The fourth-order valence-electron chi connectivity index (χ4n) is 0.678. The SMILES string of the molecule is CN(CCCl)C(=O)c1cnns1. The highest BCUT2D eigenvalue weighted by Crippen LogP contribution is 2.05. The number of aromatic nitrogens is 2. The van der Waals surface area contributed by atoms with Crippen molar-refractivity contribution in [3.63, 3.8) is 0 Å². The summed E-state index contributed by atoms with van der Waals surface area (Å²) in [5, 5.41) is 3.57. The van der Waals surface area contributed by atoms with Crippen LogP contribution in [0.5, 0.6) is 0 Å². The van der Waals surface area contributed by atoms with Crippen molar-refractivity contribution < 1.29 is 4.79 Å². The normalized spacial score (nSPS) is 9.83. The minimum Gasteiger partial charge on any atom is -0.340 e. The summed E-state index contributed by atoms with van der Waals surface area (Å²) in [5.74, 6) is 0.361. The molecule has 0 saturated carbocycles. The van der Waals surface area contributed by atoms with E-state index in [1.165, 1.54) is 6.20 Å². The third-order valence-corrected chi connectivity index (χ3v) is 2.16. The summed E-state index contributed by atoms with van der Waals surface area (Å²) in [6.45, 7) is 0.540. The molecule has 1 rings (SSSR count). The molecule has 0 bridgehead atoms. The van der Waals surface area contributed by atoms with Crippen LogP contribution in [0.25, 0.3) is 0 Å². The Labute approximate surface area is 79.3 Å². The van der Waals surface area contributed by atoms with E-state index in [9.17, 15) is 4.79 Å². The monoisotopic (exact) mass is 205 g/mol. The molecule has 0 fully saturated rings. The van der Waals surface area contributed by atoms with Gasteiger partial charge in [-0.25, -0.2) is 0 Å². The molecule has 1 aromatic rings. The first-order valence-corrected chi connectivity index (χ1v) is 4.65. The lowest BCUT2D eigenvalue weighted by atomic mass is 10.4. The van der Waals surface area contributed by atoms with Crippen LogP contribution in [-0.4, -0.2) is 39.9 Å². The summed E-state index contributed by atoms with van der Waals surface area (Å²) in [6, 6.07) is 0. The Kier molecular flexibility index (Phi) is 3.43. The minimum absolute atomic E-state index is 0.0781. The van der Waals surface area contributed by atoms with Crippen LogP contribution < -0.4 is 0 Å². The van der Waals surface area contributed by atoms with E-state index in [0.29, 0.717) is 17.3 Å². The van der Waals surface area contributed by atoms with Gasteiger partial charge in [-0.2, -0.15) is 0 Å². The van der Waals surface area contributed by atoms with Gasteiger partial charge in [0.1, 0.15) is 4.88 Å². The van der Waals surface area contributed by atoms with Gasteiger partial charge in [0.05, 0.1) is 6.20 Å². The van der Waals surface area contributed by atoms with Crippen LogP contribution in [0.2, 0.25) is 0 Å². The third kappa shape index (κ3) is 2.15.